The number of methoxy groups -OCH3 is 1. The summed E-state index contributed by atoms with van der Waals surface area (Å²) in [4.78, 5) is 16.5. The summed E-state index contributed by atoms with van der Waals surface area (Å²) in [6.07, 6.45) is 4.18. The molecule has 9 nitrogen and oxygen atoms in total. The van der Waals surface area contributed by atoms with Crippen molar-refractivity contribution in [2.45, 2.75) is 25.7 Å². The van der Waals surface area contributed by atoms with E-state index in [4.69, 9.17) is 4.74 Å². The van der Waals surface area contributed by atoms with Gasteiger partial charge in [0.25, 0.3) is 0 Å². The maximum Gasteiger partial charge on any atom is 0.248 e. The molecule has 3 heterocycles. The zero-order valence-electron chi connectivity index (χ0n) is 16.0. The second kappa shape index (κ2) is 8.51. The molecule has 0 bridgehead atoms. The number of H-pyrrole nitrogens is 1. The first-order valence-corrected chi connectivity index (χ1v) is 9.34. The third kappa shape index (κ3) is 4.57. The highest BCUT2D eigenvalue weighted by Gasteiger charge is 2.10. The first-order valence-electron chi connectivity index (χ1n) is 9.34. The van der Waals surface area contributed by atoms with Gasteiger partial charge in [0.05, 0.1) is 7.11 Å². The lowest BCUT2D eigenvalue weighted by molar-refractivity contribution is -0.116. The zero-order chi connectivity index (χ0) is 20.1. The number of aryl methyl sites for hydroxylation is 1. The molecule has 0 aliphatic rings. The largest absolute Gasteiger partial charge is 0.497 e. The van der Waals surface area contributed by atoms with E-state index in [1.54, 1.807) is 7.11 Å². The number of carbonyl (C=O) groups is 1. The molecule has 148 valence electrons. The maximum absolute atomic E-state index is 12.2. The molecule has 0 aliphatic carbocycles. The van der Waals surface area contributed by atoms with Gasteiger partial charge in [-0.15, -0.1) is 15.3 Å². The van der Waals surface area contributed by atoms with E-state index in [1.807, 2.05) is 53.1 Å². The molecule has 0 fully saturated rings. The van der Waals surface area contributed by atoms with Crippen LogP contribution in [0.15, 0.2) is 48.7 Å². The van der Waals surface area contributed by atoms with E-state index >= 15 is 0 Å². The van der Waals surface area contributed by atoms with Crippen LogP contribution in [0.25, 0.3) is 5.65 Å². The fraction of sp³-hybridized carbons (Fsp3) is 0.250. The molecule has 1 amide bonds. The third-order valence-electron chi connectivity index (χ3n) is 4.50. The van der Waals surface area contributed by atoms with E-state index in [2.05, 4.69) is 30.7 Å². The van der Waals surface area contributed by atoms with Gasteiger partial charge in [-0.25, -0.2) is 0 Å². The van der Waals surface area contributed by atoms with Crippen molar-refractivity contribution in [3.8, 4) is 5.75 Å². The molecule has 0 saturated heterocycles. The monoisotopic (exact) mass is 391 g/mol. The number of hydrogen-bond donors (Lipinski definition) is 2. The Kier molecular flexibility index (Phi) is 5.46. The predicted octanol–water partition coefficient (Wildman–Crippen LogP) is 2.41. The molecule has 0 radical (unpaired) electrons. The van der Waals surface area contributed by atoms with Crippen molar-refractivity contribution in [3.63, 3.8) is 0 Å². The van der Waals surface area contributed by atoms with Gasteiger partial charge in [0.2, 0.25) is 11.9 Å². The number of fused-ring (bicyclic) bond motifs is 1. The molecular weight excluding hydrogens is 370 g/mol. The summed E-state index contributed by atoms with van der Waals surface area (Å²) in [5.74, 6) is 2.48. The summed E-state index contributed by atoms with van der Waals surface area (Å²) in [5, 5.41) is 17.9. The second-order valence-corrected chi connectivity index (χ2v) is 6.58. The van der Waals surface area contributed by atoms with Crippen LogP contribution < -0.4 is 10.1 Å². The second-order valence-electron chi connectivity index (χ2n) is 6.58. The van der Waals surface area contributed by atoms with Crippen LogP contribution in [0.2, 0.25) is 0 Å². The van der Waals surface area contributed by atoms with Crippen molar-refractivity contribution >= 4 is 17.5 Å². The fourth-order valence-corrected chi connectivity index (χ4v) is 3.02. The topological polar surface area (TPSA) is 110 Å². The fourth-order valence-electron chi connectivity index (χ4n) is 3.02. The highest BCUT2D eigenvalue weighted by molar-refractivity contribution is 5.88. The molecule has 2 N–H and O–H groups in total. The Morgan fingerprint density at radius 2 is 2.03 bits per heavy atom. The highest BCUT2D eigenvalue weighted by Crippen LogP contribution is 2.14. The zero-order valence-corrected chi connectivity index (χ0v) is 16.0. The Morgan fingerprint density at radius 3 is 2.86 bits per heavy atom. The molecule has 0 aliphatic heterocycles. The van der Waals surface area contributed by atoms with Crippen LogP contribution in [0, 0.1) is 0 Å². The van der Waals surface area contributed by atoms with Crippen molar-refractivity contribution in [1.82, 2.24) is 29.8 Å². The van der Waals surface area contributed by atoms with Gasteiger partial charge in [-0.1, -0.05) is 18.2 Å². The van der Waals surface area contributed by atoms with Crippen molar-refractivity contribution in [3.05, 3.63) is 65.9 Å². The van der Waals surface area contributed by atoms with E-state index < -0.39 is 0 Å². The van der Waals surface area contributed by atoms with Gasteiger partial charge in [-0.05, 0) is 36.2 Å². The average molecular weight is 391 g/mol. The first kappa shape index (κ1) is 18.6. The van der Waals surface area contributed by atoms with Crippen molar-refractivity contribution in [2.75, 3.05) is 12.4 Å². The number of carbonyl (C=O) groups excluding carboxylic acids is 1. The summed E-state index contributed by atoms with van der Waals surface area (Å²) < 4.78 is 7.08. The lowest BCUT2D eigenvalue weighted by Crippen LogP contribution is -2.13. The van der Waals surface area contributed by atoms with E-state index in [0.717, 1.165) is 22.8 Å². The number of ether oxygens (including phenoxy) is 1. The number of aromatic amines is 1. The summed E-state index contributed by atoms with van der Waals surface area (Å²) in [6.45, 7) is 0. The maximum atomic E-state index is 12.2. The minimum atomic E-state index is -0.131. The summed E-state index contributed by atoms with van der Waals surface area (Å²) in [5.41, 5.74) is 1.87. The quantitative estimate of drug-likeness (QED) is 0.477. The number of hydrogen-bond acceptors (Lipinski definition) is 6. The Morgan fingerprint density at radius 1 is 1.17 bits per heavy atom. The van der Waals surface area contributed by atoms with Crippen molar-refractivity contribution < 1.29 is 9.53 Å². The minimum absolute atomic E-state index is 0.131. The van der Waals surface area contributed by atoms with Gasteiger partial charge in [-0.3, -0.25) is 19.6 Å². The SMILES string of the molecule is COc1ccc(Cc2nc(NC(=O)CCCc3nnc4ccccn34)n[nH]2)cc1. The summed E-state index contributed by atoms with van der Waals surface area (Å²) in [6, 6.07) is 13.5. The van der Waals surface area contributed by atoms with Gasteiger partial charge in [0.15, 0.2) is 5.65 Å². The van der Waals surface area contributed by atoms with E-state index in [9.17, 15) is 4.79 Å². The van der Waals surface area contributed by atoms with Gasteiger partial charge >= 0.3 is 0 Å². The summed E-state index contributed by atoms with van der Waals surface area (Å²) >= 11 is 0. The van der Waals surface area contributed by atoms with Crippen LogP contribution in [-0.2, 0) is 17.6 Å². The van der Waals surface area contributed by atoms with E-state index in [-0.39, 0.29) is 11.9 Å². The van der Waals surface area contributed by atoms with Crippen LogP contribution >= 0.6 is 0 Å². The van der Waals surface area contributed by atoms with Gasteiger partial charge < -0.3 is 4.74 Å². The number of pyridine rings is 1. The molecule has 1 aromatic carbocycles. The number of nitrogens with zero attached hydrogens (tertiary/aromatic N) is 5. The number of amides is 1. The first-order chi connectivity index (χ1) is 14.2. The lowest BCUT2D eigenvalue weighted by Gasteiger charge is -2.02. The lowest BCUT2D eigenvalue weighted by atomic mass is 10.1. The molecule has 4 aromatic rings. The standard InChI is InChI=1S/C20H21N7O2/c1-29-15-10-8-14(9-11-15)13-16-21-20(26-23-16)22-19(28)7-4-6-18-25-24-17-5-2-3-12-27(17)18/h2-3,5,8-12H,4,6-7,13H2,1H3,(H2,21,22,23,26,28). The smallest absolute Gasteiger partial charge is 0.248 e. The Hall–Kier alpha value is -3.75. The average Bonchev–Trinajstić information content (AvgIpc) is 3.35. The molecule has 0 atom stereocenters. The molecule has 4 rings (SSSR count). The van der Waals surface area contributed by atoms with Crippen LogP contribution in [-0.4, -0.2) is 42.8 Å². The summed E-state index contributed by atoms with van der Waals surface area (Å²) in [7, 11) is 1.63. The Balaban J connectivity index is 1.26. The van der Waals surface area contributed by atoms with Crippen molar-refractivity contribution in [2.24, 2.45) is 0 Å². The molecule has 29 heavy (non-hydrogen) atoms. The van der Waals surface area contributed by atoms with Gasteiger partial charge in [-0.2, -0.15) is 4.98 Å². The molecule has 0 unspecified atom stereocenters. The third-order valence-corrected chi connectivity index (χ3v) is 4.50. The van der Waals surface area contributed by atoms with Crippen LogP contribution in [0.4, 0.5) is 5.95 Å². The number of rotatable bonds is 8. The van der Waals surface area contributed by atoms with Crippen molar-refractivity contribution in [1.29, 1.82) is 0 Å². The predicted molar refractivity (Wildman–Crippen MR) is 107 cm³/mol. The van der Waals surface area contributed by atoms with Gasteiger partial charge in [0.1, 0.15) is 17.4 Å². The van der Waals surface area contributed by atoms with Gasteiger partial charge in [0, 0.05) is 25.5 Å². The van der Waals surface area contributed by atoms with E-state index in [0.29, 0.717) is 31.5 Å². The molecule has 0 spiro atoms. The normalized spacial score (nSPS) is 10.9. The van der Waals surface area contributed by atoms with E-state index in [1.165, 1.54) is 0 Å². The minimum Gasteiger partial charge on any atom is -0.497 e. The van der Waals surface area contributed by atoms with Crippen LogP contribution in [0.1, 0.15) is 30.1 Å². The molecule has 9 heteroatoms. The van der Waals surface area contributed by atoms with Crippen LogP contribution in [0.3, 0.4) is 0 Å². The number of anilines is 1. The number of aromatic nitrogens is 6. The molecule has 3 aromatic heterocycles. The highest BCUT2D eigenvalue weighted by atomic mass is 16.5. The molecular formula is C20H21N7O2. The Bertz CT molecular complexity index is 1100. The number of benzene rings is 1. The molecule has 0 saturated carbocycles. The Labute approximate surface area is 167 Å². The number of nitrogens with one attached hydrogen (secondary N) is 2. The van der Waals surface area contributed by atoms with Crippen LogP contribution in [0.5, 0.6) is 5.75 Å².